The fraction of sp³-hybridized carbons (Fsp3) is 0.143. The van der Waals surface area contributed by atoms with Crippen LogP contribution in [-0.4, -0.2) is 0 Å². The summed E-state index contributed by atoms with van der Waals surface area (Å²) in [6.07, 6.45) is 0.611. The van der Waals surface area contributed by atoms with Crippen molar-refractivity contribution in [3.05, 3.63) is 70.5 Å². The second-order valence-corrected chi connectivity index (χ2v) is 4.43. The standard InChI is InChI=1S/C14H13ClFN/c15-12-6-4-11(5-7-12)14(17)9-10-2-1-3-13(16)8-10/h1-8,14H,9,17H2. The van der Waals surface area contributed by atoms with E-state index >= 15 is 0 Å². The van der Waals surface area contributed by atoms with Gasteiger partial charge in [0.2, 0.25) is 0 Å². The van der Waals surface area contributed by atoms with Crippen LogP contribution in [0.5, 0.6) is 0 Å². The monoisotopic (exact) mass is 249 g/mol. The molecule has 88 valence electrons. The van der Waals surface area contributed by atoms with Gasteiger partial charge in [0, 0.05) is 11.1 Å². The molecule has 0 aliphatic carbocycles. The normalized spacial score (nSPS) is 12.4. The number of hydrogen-bond donors (Lipinski definition) is 1. The highest BCUT2D eigenvalue weighted by atomic mass is 35.5. The van der Waals surface area contributed by atoms with Crippen LogP contribution in [0, 0.1) is 5.82 Å². The van der Waals surface area contributed by atoms with Crippen molar-refractivity contribution in [3.8, 4) is 0 Å². The lowest BCUT2D eigenvalue weighted by molar-refractivity contribution is 0.622. The molecule has 0 heterocycles. The Morgan fingerprint density at radius 2 is 1.82 bits per heavy atom. The third-order valence-corrected chi connectivity index (χ3v) is 2.89. The van der Waals surface area contributed by atoms with E-state index in [1.807, 2.05) is 30.3 Å². The maximum absolute atomic E-state index is 13.0. The molecule has 2 N–H and O–H groups in total. The van der Waals surface area contributed by atoms with Gasteiger partial charge < -0.3 is 5.73 Å². The summed E-state index contributed by atoms with van der Waals surface area (Å²) in [5.41, 5.74) is 7.96. The average molecular weight is 250 g/mol. The zero-order valence-electron chi connectivity index (χ0n) is 9.24. The molecule has 1 nitrogen and oxygen atoms in total. The number of rotatable bonds is 3. The van der Waals surface area contributed by atoms with E-state index in [1.165, 1.54) is 12.1 Å². The molecule has 17 heavy (non-hydrogen) atoms. The molecule has 2 rings (SSSR count). The van der Waals surface area contributed by atoms with Gasteiger partial charge in [-0.1, -0.05) is 35.9 Å². The van der Waals surface area contributed by atoms with Crippen LogP contribution < -0.4 is 5.73 Å². The van der Waals surface area contributed by atoms with E-state index in [4.69, 9.17) is 17.3 Å². The Kier molecular flexibility index (Phi) is 3.77. The van der Waals surface area contributed by atoms with Gasteiger partial charge in [0.05, 0.1) is 0 Å². The van der Waals surface area contributed by atoms with E-state index in [-0.39, 0.29) is 11.9 Å². The summed E-state index contributed by atoms with van der Waals surface area (Å²) in [5, 5.41) is 0.687. The molecule has 0 aliphatic rings. The molecule has 0 aromatic heterocycles. The van der Waals surface area contributed by atoms with Crippen molar-refractivity contribution in [1.29, 1.82) is 0 Å². The van der Waals surface area contributed by atoms with E-state index in [1.54, 1.807) is 6.07 Å². The van der Waals surface area contributed by atoms with E-state index in [0.717, 1.165) is 11.1 Å². The first-order chi connectivity index (χ1) is 8.15. The first-order valence-electron chi connectivity index (χ1n) is 5.40. The molecule has 1 atom stereocenters. The minimum atomic E-state index is -0.231. The Balaban J connectivity index is 2.11. The zero-order valence-corrected chi connectivity index (χ0v) is 9.99. The van der Waals surface area contributed by atoms with Gasteiger partial charge in [-0.3, -0.25) is 0 Å². The molecule has 0 saturated carbocycles. The van der Waals surface area contributed by atoms with Crippen molar-refractivity contribution < 1.29 is 4.39 Å². The second kappa shape index (κ2) is 5.30. The zero-order chi connectivity index (χ0) is 12.3. The van der Waals surface area contributed by atoms with Crippen molar-refractivity contribution in [3.63, 3.8) is 0 Å². The average Bonchev–Trinajstić information content (AvgIpc) is 2.29. The quantitative estimate of drug-likeness (QED) is 0.882. The Morgan fingerprint density at radius 3 is 2.47 bits per heavy atom. The van der Waals surface area contributed by atoms with Gasteiger partial charge >= 0.3 is 0 Å². The van der Waals surface area contributed by atoms with Crippen molar-refractivity contribution in [2.45, 2.75) is 12.5 Å². The van der Waals surface area contributed by atoms with E-state index in [0.29, 0.717) is 11.4 Å². The summed E-state index contributed by atoms with van der Waals surface area (Å²) in [6, 6.07) is 13.8. The van der Waals surface area contributed by atoms with Crippen LogP contribution in [0.25, 0.3) is 0 Å². The molecule has 0 saturated heterocycles. The number of benzene rings is 2. The van der Waals surface area contributed by atoms with Crippen molar-refractivity contribution >= 4 is 11.6 Å². The molecular formula is C14H13ClFN. The second-order valence-electron chi connectivity index (χ2n) is 3.99. The highest BCUT2D eigenvalue weighted by Gasteiger charge is 2.07. The van der Waals surface area contributed by atoms with Crippen LogP contribution in [0.3, 0.4) is 0 Å². The van der Waals surface area contributed by atoms with Crippen LogP contribution in [0.1, 0.15) is 17.2 Å². The maximum Gasteiger partial charge on any atom is 0.123 e. The minimum Gasteiger partial charge on any atom is -0.324 e. The Labute approximate surface area is 105 Å². The van der Waals surface area contributed by atoms with E-state index in [2.05, 4.69) is 0 Å². The number of nitrogens with two attached hydrogens (primary N) is 1. The Morgan fingerprint density at radius 1 is 1.12 bits per heavy atom. The van der Waals surface area contributed by atoms with Gasteiger partial charge in [0.25, 0.3) is 0 Å². The molecule has 1 unspecified atom stereocenters. The Bertz CT molecular complexity index is 496. The summed E-state index contributed by atoms with van der Waals surface area (Å²) in [6.45, 7) is 0. The van der Waals surface area contributed by atoms with Crippen LogP contribution in [0.2, 0.25) is 5.02 Å². The third kappa shape index (κ3) is 3.29. The molecule has 0 aliphatic heterocycles. The fourth-order valence-electron chi connectivity index (χ4n) is 1.75. The molecule has 0 fully saturated rings. The largest absolute Gasteiger partial charge is 0.324 e. The van der Waals surface area contributed by atoms with Crippen molar-refractivity contribution in [2.75, 3.05) is 0 Å². The lowest BCUT2D eigenvalue weighted by atomic mass is 10.00. The summed E-state index contributed by atoms with van der Waals surface area (Å²) >= 11 is 5.81. The van der Waals surface area contributed by atoms with Crippen LogP contribution >= 0.6 is 11.6 Å². The van der Waals surface area contributed by atoms with Crippen molar-refractivity contribution in [2.24, 2.45) is 5.73 Å². The Hall–Kier alpha value is -1.38. The molecule has 2 aromatic carbocycles. The summed E-state index contributed by atoms with van der Waals surface area (Å²) in [5.74, 6) is -0.231. The van der Waals surface area contributed by atoms with Gasteiger partial charge in [0.15, 0.2) is 0 Å². The minimum absolute atomic E-state index is 0.144. The smallest absolute Gasteiger partial charge is 0.123 e. The molecular weight excluding hydrogens is 237 g/mol. The summed E-state index contributed by atoms with van der Waals surface area (Å²) in [7, 11) is 0. The number of halogens is 2. The van der Waals surface area contributed by atoms with Crippen LogP contribution in [0.15, 0.2) is 48.5 Å². The van der Waals surface area contributed by atoms with Gasteiger partial charge in [-0.25, -0.2) is 4.39 Å². The fourth-order valence-corrected chi connectivity index (χ4v) is 1.87. The maximum atomic E-state index is 13.0. The molecule has 0 radical (unpaired) electrons. The SMILES string of the molecule is NC(Cc1cccc(F)c1)c1ccc(Cl)cc1. The van der Waals surface area contributed by atoms with Crippen LogP contribution in [0.4, 0.5) is 4.39 Å². The molecule has 0 spiro atoms. The molecule has 0 bridgehead atoms. The van der Waals surface area contributed by atoms with Gasteiger partial charge in [-0.15, -0.1) is 0 Å². The third-order valence-electron chi connectivity index (χ3n) is 2.64. The predicted molar refractivity (Wildman–Crippen MR) is 68.5 cm³/mol. The van der Waals surface area contributed by atoms with Crippen molar-refractivity contribution in [1.82, 2.24) is 0 Å². The highest BCUT2D eigenvalue weighted by Crippen LogP contribution is 2.18. The summed E-state index contributed by atoms with van der Waals surface area (Å²) < 4.78 is 13.0. The first-order valence-corrected chi connectivity index (χ1v) is 5.78. The van der Waals surface area contributed by atoms with Gasteiger partial charge in [-0.2, -0.15) is 0 Å². The van der Waals surface area contributed by atoms with E-state index < -0.39 is 0 Å². The first kappa shape index (κ1) is 12.1. The number of hydrogen-bond acceptors (Lipinski definition) is 1. The van der Waals surface area contributed by atoms with Crippen LogP contribution in [-0.2, 0) is 6.42 Å². The lowest BCUT2D eigenvalue weighted by Crippen LogP contribution is -2.13. The molecule has 3 heteroatoms. The van der Waals surface area contributed by atoms with Gasteiger partial charge in [0.1, 0.15) is 5.82 Å². The lowest BCUT2D eigenvalue weighted by Gasteiger charge is -2.12. The molecule has 2 aromatic rings. The molecule has 0 amide bonds. The van der Waals surface area contributed by atoms with Gasteiger partial charge in [-0.05, 0) is 41.8 Å². The highest BCUT2D eigenvalue weighted by molar-refractivity contribution is 6.30. The predicted octanol–water partition coefficient (Wildman–Crippen LogP) is 3.72. The summed E-state index contributed by atoms with van der Waals surface area (Å²) in [4.78, 5) is 0. The van der Waals surface area contributed by atoms with E-state index in [9.17, 15) is 4.39 Å². The topological polar surface area (TPSA) is 26.0 Å².